The lowest BCUT2D eigenvalue weighted by atomic mass is 9.97. The first-order valence-electron chi connectivity index (χ1n) is 8.65. The average Bonchev–Trinajstić information content (AvgIpc) is 2.62. The van der Waals surface area contributed by atoms with Crippen LogP contribution in [0.25, 0.3) is 0 Å². The summed E-state index contributed by atoms with van der Waals surface area (Å²) >= 11 is 0. The minimum atomic E-state index is -1.23. The highest BCUT2D eigenvalue weighted by Gasteiger charge is 2.14. The molecule has 0 atom stereocenters. The van der Waals surface area contributed by atoms with Crippen LogP contribution in [-0.4, -0.2) is 62.1 Å². The highest BCUT2D eigenvalue weighted by atomic mass is 16.5. The molecule has 0 heterocycles. The van der Waals surface area contributed by atoms with E-state index in [1.165, 1.54) is 24.3 Å². The quantitative estimate of drug-likeness (QED) is 0.291. The molecule has 0 saturated heterocycles. The molecule has 8 nitrogen and oxygen atoms in total. The Hall–Kier alpha value is -2.00. The van der Waals surface area contributed by atoms with E-state index < -0.39 is 18.2 Å². The SMILES string of the molecule is CC(C)(CO)CO.CCCCCC(O)O.O=C(O)c1ccccc1C(=O)O. The first-order valence-corrected chi connectivity index (χ1v) is 8.65. The van der Waals surface area contributed by atoms with E-state index in [1.54, 1.807) is 13.8 Å². The number of aliphatic hydroxyl groups is 4. The Balaban J connectivity index is 0. The zero-order valence-electron chi connectivity index (χ0n) is 16.1. The van der Waals surface area contributed by atoms with E-state index in [1.807, 2.05) is 0 Å². The fourth-order valence-corrected chi connectivity index (χ4v) is 1.48. The molecular weight excluding hydrogens is 356 g/mol. The zero-order chi connectivity index (χ0) is 21.5. The van der Waals surface area contributed by atoms with E-state index in [0.29, 0.717) is 6.42 Å². The minimum absolute atomic E-state index is 0.0451. The summed E-state index contributed by atoms with van der Waals surface area (Å²) in [7, 11) is 0. The summed E-state index contributed by atoms with van der Waals surface area (Å²) in [6.45, 7) is 5.77. The molecule has 27 heavy (non-hydrogen) atoms. The molecule has 1 rings (SSSR count). The summed E-state index contributed by atoms with van der Waals surface area (Å²) in [5.41, 5.74) is -0.685. The predicted octanol–water partition coefficient (Wildman–Crippen LogP) is 1.96. The van der Waals surface area contributed by atoms with Crippen molar-refractivity contribution >= 4 is 11.9 Å². The van der Waals surface area contributed by atoms with Gasteiger partial charge >= 0.3 is 11.9 Å². The number of aromatic carboxylic acids is 2. The molecule has 0 spiro atoms. The van der Waals surface area contributed by atoms with E-state index in [-0.39, 0.29) is 29.8 Å². The van der Waals surface area contributed by atoms with Crippen LogP contribution >= 0.6 is 0 Å². The molecule has 0 aromatic heterocycles. The van der Waals surface area contributed by atoms with Crippen molar-refractivity contribution in [3.05, 3.63) is 35.4 Å². The Morgan fingerprint density at radius 3 is 1.56 bits per heavy atom. The molecule has 1 aromatic rings. The van der Waals surface area contributed by atoms with E-state index in [0.717, 1.165) is 19.3 Å². The molecule has 0 fully saturated rings. The van der Waals surface area contributed by atoms with Crippen LogP contribution in [-0.2, 0) is 0 Å². The standard InChI is InChI=1S/C8H6O4.C6H14O2.C5H12O2/c9-7(10)5-3-1-2-4-6(5)8(11)12;1-2-3-4-5-6(7)8;1-5(2,3-6)4-7/h1-4H,(H,9,10)(H,11,12);6-8H,2-5H2,1H3;6-7H,3-4H2,1-2H3. The molecular formula is C19H32O8. The van der Waals surface area contributed by atoms with Gasteiger partial charge in [-0.05, 0) is 25.0 Å². The number of unbranched alkanes of at least 4 members (excludes halogenated alkanes) is 2. The molecule has 1 aromatic carbocycles. The number of carbonyl (C=O) groups is 2. The van der Waals surface area contributed by atoms with Gasteiger partial charge in [0.15, 0.2) is 6.29 Å². The van der Waals surface area contributed by atoms with Crippen LogP contribution in [0.15, 0.2) is 24.3 Å². The van der Waals surface area contributed by atoms with Crippen LogP contribution in [0.5, 0.6) is 0 Å². The van der Waals surface area contributed by atoms with E-state index in [9.17, 15) is 9.59 Å². The molecule has 6 N–H and O–H groups in total. The summed E-state index contributed by atoms with van der Waals surface area (Å²) in [5.74, 6) is -2.46. The van der Waals surface area contributed by atoms with Gasteiger partial charge in [-0.25, -0.2) is 9.59 Å². The zero-order valence-corrected chi connectivity index (χ0v) is 16.1. The van der Waals surface area contributed by atoms with Gasteiger partial charge in [-0.15, -0.1) is 0 Å². The number of benzene rings is 1. The second-order valence-corrected chi connectivity index (χ2v) is 6.61. The monoisotopic (exact) mass is 388 g/mol. The van der Waals surface area contributed by atoms with Crippen molar-refractivity contribution in [2.24, 2.45) is 5.41 Å². The van der Waals surface area contributed by atoms with Crippen molar-refractivity contribution < 1.29 is 40.2 Å². The van der Waals surface area contributed by atoms with Crippen LogP contribution in [0.4, 0.5) is 0 Å². The second kappa shape index (κ2) is 15.1. The number of aliphatic hydroxyl groups excluding tert-OH is 3. The molecule has 156 valence electrons. The fraction of sp³-hybridized carbons (Fsp3) is 0.579. The first-order chi connectivity index (χ1) is 12.5. The third-order valence-electron chi connectivity index (χ3n) is 3.31. The second-order valence-electron chi connectivity index (χ2n) is 6.61. The van der Waals surface area contributed by atoms with Gasteiger partial charge in [0.05, 0.1) is 24.3 Å². The van der Waals surface area contributed by atoms with Crippen LogP contribution in [0.1, 0.15) is 67.2 Å². The van der Waals surface area contributed by atoms with Crippen molar-refractivity contribution in [1.29, 1.82) is 0 Å². The van der Waals surface area contributed by atoms with Crippen molar-refractivity contribution in [2.75, 3.05) is 13.2 Å². The van der Waals surface area contributed by atoms with Crippen molar-refractivity contribution in [3.8, 4) is 0 Å². The fourth-order valence-electron chi connectivity index (χ4n) is 1.48. The van der Waals surface area contributed by atoms with Crippen LogP contribution in [0.3, 0.4) is 0 Å². The molecule has 0 aliphatic rings. The van der Waals surface area contributed by atoms with Crippen molar-refractivity contribution in [3.63, 3.8) is 0 Å². The minimum Gasteiger partial charge on any atom is -0.478 e. The molecule has 0 unspecified atom stereocenters. The largest absolute Gasteiger partial charge is 0.478 e. The number of hydrogen-bond donors (Lipinski definition) is 6. The summed E-state index contributed by atoms with van der Waals surface area (Å²) < 4.78 is 0. The highest BCUT2D eigenvalue weighted by molar-refractivity contribution is 6.01. The maximum Gasteiger partial charge on any atom is 0.336 e. The highest BCUT2D eigenvalue weighted by Crippen LogP contribution is 2.10. The van der Waals surface area contributed by atoms with Gasteiger partial charge in [-0.3, -0.25) is 0 Å². The maximum absolute atomic E-state index is 10.5. The van der Waals surface area contributed by atoms with E-state index in [2.05, 4.69) is 6.92 Å². The molecule has 0 bridgehead atoms. The van der Waals surface area contributed by atoms with Crippen molar-refractivity contribution in [1.82, 2.24) is 0 Å². The van der Waals surface area contributed by atoms with Gasteiger partial charge in [0.1, 0.15) is 0 Å². The van der Waals surface area contributed by atoms with Crippen LogP contribution < -0.4 is 0 Å². The van der Waals surface area contributed by atoms with Gasteiger partial charge in [0, 0.05) is 5.41 Å². The Morgan fingerprint density at radius 1 is 0.926 bits per heavy atom. The molecule has 0 amide bonds. The van der Waals surface area contributed by atoms with Gasteiger partial charge in [-0.1, -0.05) is 45.7 Å². The maximum atomic E-state index is 10.5. The summed E-state index contributed by atoms with van der Waals surface area (Å²) in [6, 6.07) is 5.48. The van der Waals surface area contributed by atoms with E-state index in [4.69, 9.17) is 30.6 Å². The molecule has 8 heteroatoms. The summed E-state index contributed by atoms with van der Waals surface area (Å²) in [5, 5.41) is 50.6. The average molecular weight is 388 g/mol. The van der Waals surface area contributed by atoms with Crippen LogP contribution in [0.2, 0.25) is 0 Å². The summed E-state index contributed by atoms with van der Waals surface area (Å²) in [4.78, 5) is 20.9. The van der Waals surface area contributed by atoms with Gasteiger partial charge < -0.3 is 30.6 Å². The number of rotatable bonds is 8. The predicted molar refractivity (Wildman–Crippen MR) is 101 cm³/mol. The van der Waals surface area contributed by atoms with E-state index >= 15 is 0 Å². The lowest BCUT2D eigenvalue weighted by Gasteiger charge is -2.16. The Morgan fingerprint density at radius 2 is 1.33 bits per heavy atom. The third-order valence-corrected chi connectivity index (χ3v) is 3.31. The normalized spacial score (nSPS) is 10.4. The van der Waals surface area contributed by atoms with Gasteiger partial charge in [0.2, 0.25) is 0 Å². The van der Waals surface area contributed by atoms with Crippen molar-refractivity contribution in [2.45, 2.75) is 52.7 Å². The molecule has 0 radical (unpaired) electrons. The van der Waals surface area contributed by atoms with Gasteiger partial charge in [-0.2, -0.15) is 0 Å². The Kier molecular flexibility index (Phi) is 15.2. The molecule has 0 saturated carbocycles. The number of carboxylic acid groups (broad SMARTS) is 2. The van der Waals surface area contributed by atoms with Crippen LogP contribution in [0, 0.1) is 5.41 Å². The smallest absolute Gasteiger partial charge is 0.336 e. The topological polar surface area (TPSA) is 156 Å². The molecule has 0 aliphatic heterocycles. The third kappa shape index (κ3) is 14.8. The summed E-state index contributed by atoms with van der Waals surface area (Å²) in [6.07, 6.45) is 2.58. The molecule has 0 aliphatic carbocycles. The Bertz CT molecular complexity index is 501. The number of carboxylic acids is 2. The Labute approximate surface area is 159 Å². The van der Waals surface area contributed by atoms with Gasteiger partial charge in [0.25, 0.3) is 0 Å². The first kappa shape index (κ1) is 27.2. The lowest BCUT2D eigenvalue weighted by Crippen LogP contribution is -2.20. The number of hydrogen-bond acceptors (Lipinski definition) is 6. The lowest BCUT2D eigenvalue weighted by molar-refractivity contribution is -0.0465.